The zero-order valence-corrected chi connectivity index (χ0v) is 23.5. The van der Waals surface area contributed by atoms with E-state index in [9.17, 15) is 5.26 Å². The van der Waals surface area contributed by atoms with E-state index in [1.54, 1.807) is 0 Å². The van der Waals surface area contributed by atoms with Gasteiger partial charge in [-0.25, -0.2) is 4.98 Å². The first-order chi connectivity index (χ1) is 18.9. The number of aryl methyl sites for hydroxylation is 1. The van der Waals surface area contributed by atoms with Crippen LogP contribution in [-0.4, -0.2) is 79.4 Å². The van der Waals surface area contributed by atoms with Crippen molar-refractivity contribution in [3.8, 4) is 17.6 Å². The molecule has 6 heterocycles. The van der Waals surface area contributed by atoms with Crippen LogP contribution in [0.4, 0.5) is 16.5 Å². The summed E-state index contributed by atoms with van der Waals surface area (Å²) in [6.45, 7) is 10.3. The van der Waals surface area contributed by atoms with Crippen LogP contribution in [0.2, 0.25) is 0 Å². The smallest absolute Gasteiger partial charge is 0.237 e. The fraction of sp³-hybridized carbons (Fsp3) is 0.571. The second-order valence-electron chi connectivity index (χ2n) is 12.0. The van der Waals surface area contributed by atoms with Crippen molar-refractivity contribution in [2.24, 2.45) is 5.41 Å². The molecule has 3 aromatic heterocycles. The van der Waals surface area contributed by atoms with Gasteiger partial charge in [0.2, 0.25) is 11.7 Å². The lowest BCUT2D eigenvalue weighted by Gasteiger charge is -2.39. The maximum absolute atomic E-state index is 9.87. The Kier molecular flexibility index (Phi) is 5.84. The van der Waals surface area contributed by atoms with Crippen molar-refractivity contribution in [1.82, 2.24) is 25.3 Å². The lowest BCUT2D eigenvalue weighted by atomic mass is 9.72. The summed E-state index contributed by atoms with van der Waals surface area (Å²) in [7, 11) is 2.17. The number of likely N-dealkylation sites (N-methyl/N-ethyl adjacent to an activating group) is 1. The van der Waals surface area contributed by atoms with Crippen molar-refractivity contribution >= 4 is 27.8 Å². The van der Waals surface area contributed by atoms with Gasteiger partial charge in [-0.3, -0.25) is 0 Å². The Labute approximate surface area is 232 Å². The predicted octanol–water partition coefficient (Wildman–Crippen LogP) is 2.84. The first kappa shape index (κ1) is 24.8. The van der Waals surface area contributed by atoms with Gasteiger partial charge in [0.05, 0.1) is 11.0 Å². The van der Waals surface area contributed by atoms with Gasteiger partial charge in [0.15, 0.2) is 0 Å². The normalized spacial score (nSPS) is 24.5. The lowest BCUT2D eigenvalue weighted by Crippen LogP contribution is -2.54. The summed E-state index contributed by atoms with van der Waals surface area (Å²) in [5.41, 5.74) is 9.51. The molecular weight excluding hydrogens is 510 g/mol. The largest absolute Gasteiger partial charge is 0.389 e. The SMILES string of the molecule is CN1CCN(c2cc(N3CCC4(CNC4)C3)cc(-c3noc(C4(C)CCCc5sc(N)c(C#N)c54)n3)n2)CC1. The summed E-state index contributed by atoms with van der Waals surface area (Å²) < 4.78 is 5.96. The molecule has 1 atom stereocenters. The topological polar surface area (TPSA) is 123 Å². The highest BCUT2D eigenvalue weighted by molar-refractivity contribution is 7.16. The average molecular weight is 546 g/mol. The Hall–Kier alpha value is -3.20. The van der Waals surface area contributed by atoms with Crippen LogP contribution in [0.3, 0.4) is 0 Å². The average Bonchev–Trinajstić information content (AvgIpc) is 3.66. The Morgan fingerprint density at radius 1 is 1.10 bits per heavy atom. The second kappa shape index (κ2) is 9.18. The molecule has 0 radical (unpaired) electrons. The summed E-state index contributed by atoms with van der Waals surface area (Å²) in [6.07, 6.45) is 3.95. The monoisotopic (exact) mass is 545 g/mol. The maximum atomic E-state index is 9.87. The molecule has 3 saturated heterocycles. The van der Waals surface area contributed by atoms with Gasteiger partial charge in [0.1, 0.15) is 22.6 Å². The minimum Gasteiger partial charge on any atom is -0.389 e. The number of nitrogen functional groups attached to an aromatic ring is 1. The van der Waals surface area contributed by atoms with Crippen molar-refractivity contribution in [2.45, 2.75) is 38.0 Å². The van der Waals surface area contributed by atoms with E-state index in [2.05, 4.69) is 57.3 Å². The molecule has 0 aromatic carbocycles. The maximum Gasteiger partial charge on any atom is 0.237 e. The molecule has 3 aromatic rings. The fourth-order valence-electron chi connectivity index (χ4n) is 6.78. The number of nitrogens with zero attached hydrogens (tertiary/aromatic N) is 7. The Morgan fingerprint density at radius 3 is 2.64 bits per heavy atom. The van der Waals surface area contributed by atoms with E-state index in [0.29, 0.717) is 27.7 Å². The number of nitrogens with one attached hydrogen (secondary N) is 1. The van der Waals surface area contributed by atoms with Crippen molar-refractivity contribution in [3.05, 3.63) is 34.0 Å². The van der Waals surface area contributed by atoms with Gasteiger partial charge in [-0.15, -0.1) is 11.3 Å². The van der Waals surface area contributed by atoms with E-state index in [1.165, 1.54) is 23.4 Å². The molecule has 1 aliphatic carbocycles. The summed E-state index contributed by atoms with van der Waals surface area (Å²) >= 11 is 1.52. The molecule has 1 spiro atoms. The van der Waals surface area contributed by atoms with Crippen LogP contribution in [0.15, 0.2) is 16.7 Å². The zero-order valence-electron chi connectivity index (χ0n) is 22.7. The van der Waals surface area contributed by atoms with Crippen LogP contribution in [0.5, 0.6) is 0 Å². The molecule has 3 fully saturated rings. The number of hydrogen-bond donors (Lipinski definition) is 2. The third kappa shape index (κ3) is 4.08. The van der Waals surface area contributed by atoms with Crippen molar-refractivity contribution in [2.75, 3.05) is 74.9 Å². The molecule has 10 nitrogen and oxygen atoms in total. The third-order valence-electron chi connectivity index (χ3n) is 9.31. The molecule has 3 aliphatic heterocycles. The molecule has 39 heavy (non-hydrogen) atoms. The van der Waals surface area contributed by atoms with Crippen molar-refractivity contribution in [1.29, 1.82) is 5.26 Å². The number of hydrogen-bond acceptors (Lipinski definition) is 11. The Balaban J connectivity index is 1.26. The van der Waals surface area contributed by atoms with E-state index >= 15 is 0 Å². The van der Waals surface area contributed by atoms with Gasteiger partial charge in [-0.05, 0) is 45.7 Å². The lowest BCUT2D eigenvalue weighted by molar-refractivity contribution is 0.200. The number of piperazine rings is 1. The molecule has 11 heteroatoms. The summed E-state index contributed by atoms with van der Waals surface area (Å²) in [5, 5.41) is 18.4. The van der Waals surface area contributed by atoms with Gasteiger partial charge in [-0.2, -0.15) is 10.2 Å². The van der Waals surface area contributed by atoms with Gasteiger partial charge in [-0.1, -0.05) is 5.16 Å². The number of anilines is 3. The number of fused-ring (bicyclic) bond motifs is 1. The van der Waals surface area contributed by atoms with E-state index < -0.39 is 5.41 Å². The standard InChI is InChI=1S/C28H35N9OS/c1-27(5-3-4-21-23(27)19(14-29)24(30)39-21)26-33-25(34-38-26)20-12-18(37-7-6-28(17-37)15-31-16-28)13-22(32-20)36-10-8-35(2)9-11-36/h12-13,31H,3-11,15-17,30H2,1-2H3. The van der Waals surface area contributed by atoms with Crippen molar-refractivity contribution < 1.29 is 4.52 Å². The predicted molar refractivity (Wildman–Crippen MR) is 152 cm³/mol. The molecular formula is C28H35N9OS. The molecule has 0 bridgehead atoms. The summed E-state index contributed by atoms with van der Waals surface area (Å²) in [4.78, 5) is 18.4. The number of pyridine rings is 1. The van der Waals surface area contributed by atoms with Gasteiger partial charge < -0.3 is 30.3 Å². The van der Waals surface area contributed by atoms with Crippen molar-refractivity contribution in [3.63, 3.8) is 0 Å². The minimum absolute atomic E-state index is 0.394. The molecule has 3 N–H and O–H groups in total. The van der Waals surface area contributed by atoms with Crippen LogP contribution < -0.4 is 20.9 Å². The van der Waals surface area contributed by atoms with E-state index in [0.717, 1.165) is 93.6 Å². The number of nitrogens with two attached hydrogens (primary N) is 1. The minimum atomic E-state index is -0.547. The van der Waals surface area contributed by atoms with Crippen LogP contribution in [0.1, 0.15) is 48.1 Å². The van der Waals surface area contributed by atoms with Crippen LogP contribution in [0.25, 0.3) is 11.5 Å². The highest BCUT2D eigenvalue weighted by Crippen LogP contribution is 2.48. The van der Waals surface area contributed by atoms with E-state index in [4.69, 9.17) is 20.2 Å². The second-order valence-corrected chi connectivity index (χ2v) is 13.1. The number of aromatic nitrogens is 3. The van der Waals surface area contributed by atoms with Gasteiger partial charge >= 0.3 is 0 Å². The summed E-state index contributed by atoms with van der Waals surface area (Å²) in [6, 6.07) is 6.69. The number of thiophene rings is 1. The van der Waals surface area contributed by atoms with Gasteiger partial charge in [0, 0.05) is 80.0 Å². The molecule has 204 valence electrons. The van der Waals surface area contributed by atoms with Crippen LogP contribution in [-0.2, 0) is 11.8 Å². The Bertz CT molecular complexity index is 1450. The number of nitriles is 1. The Morgan fingerprint density at radius 2 is 1.92 bits per heavy atom. The first-order valence-electron chi connectivity index (χ1n) is 14.0. The highest BCUT2D eigenvalue weighted by Gasteiger charge is 2.44. The first-order valence-corrected chi connectivity index (χ1v) is 14.8. The summed E-state index contributed by atoms with van der Waals surface area (Å²) in [5.74, 6) is 2.00. The highest BCUT2D eigenvalue weighted by atomic mass is 32.1. The quantitative estimate of drug-likeness (QED) is 0.506. The molecule has 7 rings (SSSR count). The van der Waals surface area contributed by atoms with Crippen LogP contribution >= 0.6 is 11.3 Å². The molecule has 0 amide bonds. The van der Waals surface area contributed by atoms with E-state index in [-0.39, 0.29) is 0 Å². The van der Waals surface area contributed by atoms with Gasteiger partial charge in [0.25, 0.3) is 0 Å². The molecule has 1 unspecified atom stereocenters. The van der Waals surface area contributed by atoms with E-state index in [1.807, 2.05) is 0 Å². The zero-order chi connectivity index (χ0) is 26.8. The molecule has 0 saturated carbocycles. The molecule has 4 aliphatic rings. The third-order valence-corrected chi connectivity index (χ3v) is 10.4. The number of rotatable bonds is 4. The fourth-order valence-corrected chi connectivity index (χ4v) is 7.97. The van der Waals surface area contributed by atoms with Crippen LogP contribution in [0, 0.1) is 16.7 Å².